The van der Waals surface area contributed by atoms with Gasteiger partial charge in [-0.15, -0.1) is 0 Å². The fraction of sp³-hybridized carbons (Fsp3) is 0.333. The monoisotopic (exact) mass is 353 g/mol. The van der Waals surface area contributed by atoms with E-state index in [1.54, 1.807) is 24.3 Å². The number of ether oxygens (including phenoxy) is 1. The van der Waals surface area contributed by atoms with Crippen molar-refractivity contribution in [3.05, 3.63) is 65.7 Å². The van der Waals surface area contributed by atoms with Gasteiger partial charge in [0.25, 0.3) is 5.91 Å². The maximum atomic E-state index is 13.1. The highest BCUT2D eigenvalue weighted by Gasteiger charge is 2.24. The van der Waals surface area contributed by atoms with E-state index in [1.165, 1.54) is 19.3 Å². The summed E-state index contributed by atoms with van der Waals surface area (Å²) in [7, 11) is 0. The zero-order valence-corrected chi connectivity index (χ0v) is 14.6. The van der Waals surface area contributed by atoms with Gasteiger partial charge in [0, 0.05) is 18.7 Å². The van der Waals surface area contributed by atoms with Crippen molar-refractivity contribution in [1.82, 2.24) is 4.90 Å². The van der Waals surface area contributed by atoms with Gasteiger partial charge in [-0.1, -0.05) is 42.8 Å². The van der Waals surface area contributed by atoms with Gasteiger partial charge in [-0.2, -0.15) is 0 Å². The van der Waals surface area contributed by atoms with Crippen molar-refractivity contribution in [3.63, 3.8) is 0 Å². The Kier molecular flexibility index (Phi) is 5.89. The lowest BCUT2D eigenvalue weighted by atomic mass is 9.85. The standard InChI is InChI=1S/C21H23NO4/c23-20(24)15-26-19-11-5-10-18(12-19)21(25)22(14-17-8-4-9-17)13-16-6-2-1-3-7-16/h1-3,5-7,10-12,17H,4,8-9,13-15H2,(H,23,24). The number of hydrogen-bond acceptors (Lipinski definition) is 3. The molecule has 1 saturated carbocycles. The van der Waals surface area contributed by atoms with E-state index in [4.69, 9.17) is 9.84 Å². The molecule has 26 heavy (non-hydrogen) atoms. The van der Waals surface area contributed by atoms with E-state index in [-0.39, 0.29) is 5.91 Å². The van der Waals surface area contributed by atoms with Crippen LogP contribution in [-0.4, -0.2) is 35.0 Å². The summed E-state index contributed by atoms with van der Waals surface area (Å²) in [4.78, 5) is 25.6. The molecule has 0 unspecified atom stereocenters. The summed E-state index contributed by atoms with van der Waals surface area (Å²) in [5.74, 6) is -0.144. The lowest BCUT2D eigenvalue weighted by molar-refractivity contribution is -0.139. The Bertz CT molecular complexity index is 756. The van der Waals surface area contributed by atoms with Crippen LogP contribution < -0.4 is 4.74 Å². The molecule has 1 aliphatic carbocycles. The third kappa shape index (κ3) is 4.85. The summed E-state index contributed by atoms with van der Waals surface area (Å²) in [5, 5.41) is 8.74. The average molecular weight is 353 g/mol. The normalized spacial score (nSPS) is 13.7. The zero-order chi connectivity index (χ0) is 18.4. The van der Waals surface area contributed by atoms with Crippen molar-refractivity contribution in [2.45, 2.75) is 25.8 Å². The molecule has 0 atom stereocenters. The van der Waals surface area contributed by atoms with Gasteiger partial charge in [0.1, 0.15) is 5.75 Å². The zero-order valence-electron chi connectivity index (χ0n) is 14.6. The van der Waals surface area contributed by atoms with Crippen LogP contribution in [0.1, 0.15) is 35.2 Å². The second-order valence-electron chi connectivity index (χ2n) is 6.68. The summed E-state index contributed by atoms with van der Waals surface area (Å²) in [6.07, 6.45) is 3.57. The van der Waals surface area contributed by atoms with E-state index >= 15 is 0 Å². The van der Waals surface area contributed by atoms with E-state index in [0.29, 0.717) is 23.8 Å². The summed E-state index contributed by atoms with van der Waals surface area (Å²) in [6, 6.07) is 16.7. The number of benzene rings is 2. The van der Waals surface area contributed by atoms with Gasteiger partial charge in [-0.05, 0) is 42.5 Å². The third-order valence-electron chi connectivity index (χ3n) is 4.65. The smallest absolute Gasteiger partial charge is 0.341 e. The molecule has 1 amide bonds. The van der Waals surface area contributed by atoms with E-state index in [9.17, 15) is 9.59 Å². The maximum absolute atomic E-state index is 13.1. The minimum atomic E-state index is -1.04. The quantitative estimate of drug-likeness (QED) is 0.787. The van der Waals surface area contributed by atoms with Gasteiger partial charge in [0.05, 0.1) is 0 Å². The summed E-state index contributed by atoms with van der Waals surface area (Å²) >= 11 is 0. The first-order valence-electron chi connectivity index (χ1n) is 8.89. The maximum Gasteiger partial charge on any atom is 0.341 e. The van der Waals surface area contributed by atoms with Gasteiger partial charge in [0.2, 0.25) is 0 Å². The van der Waals surface area contributed by atoms with Crippen LogP contribution in [0.3, 0.4) is 0 Å². The molecule has 0 aliphatic heterocycles. The molecule has 3 rings (SSSR count). The van der Waals surface area contributed by atoms with E-state index in [0.717, 1.165) is 12.1 Å². The van der Waals surface area contributed by atoms with E-state index in [2.05, 4.69) is 0 Å². The molecule has 136 valence electrons. The molecular weight excluding hydrogens is 330 g/mol. The molecule has 2 aromatic carbocycles. The molecule has 1 N–H and O–H groups in total. The topological polar surface area (TPSA) is 66.8 Å². The second-order valence-corrected chi connectivity index (χ2v) is 6.68. The van der Waals surface area contributed by atoms with Crippen molar-refractivity contribution < 1.29 is 19.4 Å². The first-order chi connectivity index (χ1) is 12.6. The number of aliphatic carboxylic acids is 1. The lowest BCUT2D eigenvalue weighted by Gasteiger charge is -2.32. The number of rotatable bonds is 8. The predicted molar refractivity (Wildman–Crippen MR) is 98.1 cm³/mol. The van der Waals surface area contributed by atoms with Crippen LogP contribution in [0.15, 0.2) is 54.6 Å². The largest absolute Gasteiger partial charge is 0.482 e. The molecule has 5 heteroatoms. The number of nitrogens with zero attached hydrogens (tertiary/aromatic N) is 1. The molecular formula is C21H23NO4. The average Bonchev–Trinajstić information content (AvgIpc) is 2.62. The van der Waals surface area contributed by atoms with Crippen molar-refractivity contribution in [1.29, 1.82) is 0 Å². The fourth-order valence-corrected chi connectivity index (χ4v) is 3.06. The molecule has 0 heterocycles. The molecule has 1 aliphatic rings. The first kappa shape index (κ1) is 18.0. The van der Waals surface area contributed by atoms with Gasteiger partial charge in [0.15, 0.2) is 6.61 Å². The predicted octanol–water partition coefficient (Wildman–Crippen LogP) is 3.59. The Morgan fingerprint density at radius 3 is 2.50 bits per heavy atom. The van der Waals surface area contributed by atoms with Crippen molar-refractivity contribution in [2.24, 2.45) is 5.92 Å². The van der Waals surface area contributed by atoms with Crippen molar-refractivity contribution >= 4 is 11.9 Å². The summed E-state index contributed by atoms with van der Waals surface area (Å²) in [5.41, 5.74) is 1.61. The molecule has 2 aromatic rings. The van der Waals surface area contributed by atoms with Gasteiger partial charge in [-0.25, -0.2) is 4.79 Å². The second kappa shape index (κ2) is 8.52. The Morgan fingerprint density at radius 2 is 1.85 bits per heavy atom. The van der Waals surface area contributed by atoms with Crippen LogP contribution in [0.2, 0.25) is 0 Å². The number of carboxylic acid groups (broad SMARTS) is 1. The summed E-state index contributed by atoms with van der Waals surface area (Å²) < 4.78 is 5.20. The van der Waals surface area contributed by atoms with Crippen LogP contribution in [0.25, 0.3) is 0 Å². The van der Waals surface area contributed by atoms with Gasteiger partial charge >= 0.3 is 5.97 Å². The highest BCUT2D eigenvalue weighted by atomic mass is 16.5. The summed E-state index contributed by atoms with van der Waals surface area (Å²) in [6.45, 7) is 0.887. The Labute approximate surface area is 153 Å². The Hall–Kier alpha value is -2.82. The van der Waals surface area contributed by atoms with Crippen LogP contribution >= 0.6 is 0 Å². The number of hydrogen-bond donors (Lipinski definition) is 1. The van der Waals surface area contributed by atoms with Crippen LogP contribution in [-0.2, 0) is 11.3 Å². The Balaban J connectivity index is 1.75. The van der Waals surface area contributed by atoms with Crippen LogP contribution in [0.4, 0.5) is 0 Å². The number of carbonyl (C=O) groups is 2. The first-order valence-corrected chi connectivity index (χ1v) is 8.89. The highest BCUT2D eigenvalue weighted by molar-refractivity contribution is 5.94. The SMILES string of the molecule is O=C(O)COc1cccc(C(=O)N(Cc2ccccc2)CC2CCC2)c1. The van der Waals surface area contributed by atoms with E-state index in [1.807, 2.05) is 35.2 Å². The molecule has 0 radical (unpaired) electrons. The molecule has 0 bridgehead atoms. The number of carbonyl (C=O) groups excluding carboxylic acids is 1. The highest BCUT2D eigenvalue weighted by Crippen LogP contribution is 2.28. The minimum absolute atomic E-state index is 0.0541. The van der Waals surface area contributed by atoms with Gasteiger partial charge in [-0.3, -0.25) is 4.79 Å². The third-order valence-corrected chi connectivity index (χ3v) is 4.65. The van der Waals surface area contributed by atoms with Crippen LogP contribution in [0.5, 0.6) is 5.75 Å². The molecule has 1 fully saturated rings. The number of amides is 1. The Morgan fingerprint density at radius 1 is 1.08 bits per heavy atom. The fourth-order valence-electron chi connectivity index (χ4n) is 3.06. The van der Waals surface area contributed by atoms with E-state index < -0.39 is 12.6 Å². The number of carboxylic acids is 1. The van der Waals surface area contributed by atoms with Gasteiger partial charge < -0.3 is 14.7 Å². The van der Waals surface area contributed by atoms with Crippen LogP contribution in [0, 0.1) is 5.92 Å². The lowest BCUT2D eigenvalue weighted by Crippen LogP contribution is -2.37. The molecule has 0 saturated heterocycles. The minimum Gasteiger partial charge on any atom is -0.482 e. The van der Waals surface area contributed by atoms with Crippen molar-refractivity contribution in [2.75, 3.05) is 13.2 Å². The molecule has 0 aromatic heterocycles. The molecule has 0 spiro atoms. The molecule has 5 nitrogen and oxygen atoms in total. The van der Waals surface area contributed by atoms with Crippen molar-refractivity contribution in [3.8, 4) is 5.75 Å².